The van der Waals surface area contributed by atoms with Crippen molar-refractivity contribution >= 4 is 23.3 Å². The molecular formula is C19H28N6OS. The molecule has 2 amide bonds. The summed E-state index contributed by atoms with van der Waals surface area (Å²) in [5.41, 5.74) is 2.33. The fourth-order valence-corrected chi connectivity index (χ4v) is 3.52. The lowest BCUT2D eigenvalue weighted by Crippen LogP contribution is -2.50. The third kappa shape index (κ3) is 5.98. The van der Waals surface area contributed by atoms with E-state index in [1.54, 1.807) is 0 Å². The number of benzene rings is 1. The van der Waals surface area contributed by atoms with Gasteiger partial charge in [0.1, 0.15) is 5.69 Å². The van der Waals surface area contributed by atoms with E-state index < -0.39 is 0 Å². The number of hydrogen-bond acceptors (Lipinski definition) is 6. The van der Waals surface area contributed by atoms with Crippen LogP contribution in [0, 0.1) is 0 Å². The van der Waals surface area contributed by atoms with Crippen molar-refractivity contribution < 1.29 is 4.79 Å². The number of amides is 2. The van der Waals surface area contributed by atoms with Gasteiger partial charge < -0.3 is 20.4 Å². The minimum absolute atomic E-state index is 0.179. The van der Waals surface area contributed by atoms with Crippen LogP contribution in [-0.4, -0.2) is 70.7 Å². The number of nitrogens with zero attached hydrogens (tertiary/aromatic N) is 4. The molecule has 7 nitrogen and oxygen atoms in total. The van der Waals surface area contributed by atoms with E-state index in [0.717, 1.165) is 56.1 Å². The molecule has 1 aliphatic heterocycles. The Hall–Kier alpha value is -2.03. The van der Waals surface area contributed by atoms with Crippen LogP contribution in [0.25, 0.3) is 11.3 Å². The first-order chi connectivity index (χ1) is 12.9. The molecule has 0 aliphatic carbocycles. The maximum Gasteiger partial charge on any atom is 0.319 e. The van der Waals surface area contributed by atoms with Crippen molar-refractivity contribution in [3.05, 3.63) is 29.6 Å². The third-order valence-electron chi connectivity index (χ3n) is 4.90. The van der Waals surface area contributed by atoms with Crippen LogP contribution in [0.2, 0.25) is 0 Å². The molecular weight excluding hydrogens is 360 g/mol. The van der Waals surface area contributed by atoms with Gasteiger partial charge in [0.05, 0.1) is 0 Å². The molecule has 1 saturated heterocycles. The largest absolute Gasteiger partial charge is 0.333 e. The van der Waals surface area contributed by atoms with Crippen molar-refractivity contribution in [3.8, 4) is 11.3 Å². The SMILES string of the molecule is CN1CCN(CCC(C)(C)NC(=O)Nc2ccc(-c3csnn3)cc2)CC1. The topological polar surface area (TPSA) is 73.4 Å². The van der Waals surface area contributed by atoms with Gasteiger partial charge in [-0.2, -0.15) is 0 Å². The van der Waals surface area contributed by atoms with E-state index in [-0.39, 0.29) is 11.6 Å². The first-order valence-corrected chi connectivity index (χ1v) is 10.1. The van der Waals surface area contributed by atoms with Gasteiger partial charge in [-0.3, -0.25) is 0 Å². The summed E-state index contributed by atoms with van der Waals surface area (Å²) in [6, 6.07) is 7.45. The van der Waals surface area contributed by atoms with Gasteiger partial charge in [-0.1, -0.05) is 16.6 Å². The molecule has 27 heavy (non-hydrogen) atoms. The minimum Gasteiger partial charge on any atom is -0.333 e. The molecule has 1 fully saturated rings. The molecule has 0 spiro atoms. The van der Waals surface area contributed by atoms with E-state index >= 15 is 0 Å². The number of nitrogens with one attached hydrogen (secondary N) is 2. The molecule has 8 heteroatoms. The van der Waals surface area contributed by atoms with E-state index in [2.05, 4.69) is 50.9 Å². The lowest BCUT2D eigenvalue weighted by Gasteiger charge is -2.35. The Morgan fingerprint density at radius 2 is 1.89 bits per heavy atom. The van der Waals surface area contributed by atoms with Crippen LogP contribution in [0.15, 0.2) is 29.6 Å². The highest BCUT2D eigenvalue weighted by molar-refractivity contribution is 7.03. The van der Waals surface area contributed by atoms with E-state index in [9.17, 15) is 4.79 Å². The van der Waals surface area contributed by atoms with Crippen LogP contribution >= 0.6 is 11.5 Å². The Morgan fingerprint density at radius 1 is 1.19 bits per heavy atom. The third-order valence-corrected chi connectivity index (χ3v) is 5.40. The van der Waals surface area contributed by atoms with E-state index in [4.69, 9.17) is 0 Å². The number of piperazine rings is 1. The van der Waals surface area contributed by atoms with E-state index in [1.807, 2.05) is 29.6 Å². The molecule has 0 radical (unpaired) electrons. The molecule has 3 rings (SSSR count). The summed E-state index contributed by atoms with van der Waals surface area (Å²) in [6.45, 7) is 9.56. The number of rotatable bonds is 6. The highest BCUT2D eigenvalue weighted by Gasteiger charge is 2.23. The average molecular weight is 389 g/mol. The van der Waals surface area contributed by atoms with Crippen molar-refractivity contribution in [1.82, 2.24) is 24.7 Å². The molecule has 0 atom stereocenters. The zero-order chi connectivity index (χ0) is 19.3. The quantitative estimate of drug-likeness (QED) is 0.796. The Bertz CT molecular complexity index is 723. The summed E-state index contributed by atoms with van der Waals surface area (Å²) in [6.07, 6.45) is 0.917. The number of carbonyl (C=O) groups excluding carboxylic acids is 1. The summed E-state index contributed by atoms with van der Waals surface area (Å²) < 4.78 is 3.87. The summed E-state index contributed by atoms with van der Waals surface area (Å²) in [4.78, 5) is 17.2. The predicted molar refractivity (Wildman–Crippen MR) is 110 cm³/mol. The van der Waals surface area contributed by atoms with E-state index in [0.29, 0.717) is 0 Å². The second-order valence-corrected chi connectivity index (χ2v) is 8.34. The summed E-state index contributed by atoms with van der Waals surface area (Å²) in [5, 5.41) is 11.9. The summed E-state index contributed by atoms with van der Waals surface area (Å²) in [5.74, 6) is 0. The Morgan fingerprint density at radius 3 is 2.52 bits per heavy atom. The molecule has 1 aromatic heterocycles. The zero-order valence-electron chi connectivity index (χ0n) is 16.2. The number of aromatic nitrogens is 2. The fourth-order valence-electron chi connectivity index (χ4n) is 3.06. The maximum atomic E-state index is 12.4. The Balaban J connectivity index is 1.46. The number of urea groups is 1. The highest BCUT2D eigenvalue weighted by Crippen LogP contribution is 2.20. The van der Waals surface area contributed by atoms with Gasteiger partial charge in [0.25, 0.3) is 0 Å². The lowest BCUT2D eigenvalue weighted by atomic mass is 10.0. The minimum atomic E-state index is -0.264. The smallest absolute Gasteiger partial charge is 0.319 e. The number of likely N-dealkylation sites (N-methyl/N-ethyl adjacent to an activating group) is 1. The first kappa shape index (κ1) is 19.7. The number of carbonyl (C=O) groups is 1. The van der Waals surface area contributed by atoms with Gasteiger partial charge in [-0.05, 0) is 51.0 Å². The molecule has 0 bridgehead atoms. The van der Waals surface area contributed by atoms with Gasteiger partial charge in [-0.25, -0.2) is 4.79 Å². The Labute approximate surface area is 164 Å². The monoisotopic (exact) mass is 388 g/mol. The Kier molecular flexibility index (Phi) is 6.41. The van der Waals surface area contributed by atoms with Crippen molar-refractivity contribution in [3.63, 3.8) is 0 Å². The van der Waals surface area contributed by atoms with Crippen molar-refractivity contribution in [2.75, 3.05) is 45.1 Å². The van der Waals surface area contributed by atoms with Crippen LogP contribution in [0.4, 0.5) is 10.5 Å². The van der Waals surface area contributed by atoms with Gasteiger partial charge in [0, 0.05) is 54.9 Å². The van der Waals surface area contributed by atoms with Gasteiger partial charge in [-0.15, -0.1) is 5.10 Å². The van der Waals surface area contributed by atoms with Crippen LogP contribution in [0.3, 0.4) is 0 Å². The molecule has 0 unspecified atom stereocenters. The van der Waals surface area contributed by atoms with Crippen LogP contribution in [-0.2, 0) is 0 Å². The molecule has 146 valence electrons. The zero-order valence-corrected chi connectivity index (χ0v) is 17.1. The summed E-state index contributed by atoms with van der Waals surface area (Å²) in [7, 11) is 2.16. The summed E-state index contributed by atoms with van der Waals surface area (Å²) >= 11 is 1.32. The van der Waals surface area contributed by atoms with Crippen molar-refractivity contribution in [2.45, 2.75) is 25.8 Å². The second-order valence-electron chi connectivity index (χ2n) is 7.73. The van der Waals surface area contributed by atoms with Crippen molar-refractivity contribution in [1.29, 1.82) is 0 Å². The standard InChI is InChI=1S/C19H28N6OS/c1-19(2,8-9-25-12-10-24(3)11-13-25)21-18(26)20-16-6-4-15(5-7-16)17-14-27-23-22-17/h4-7,14H,8-13H2,1-3H3,(H2,20,21,26). The molecule has 2 heterocycles. The highest BCUT2D eigenvalue weighted by atomic mass is 32.1. The van der Waals surface area contributed by atoms with E-state index in [1.165, 1.54) is 11.5 Å². The van der Waals surface area contributed by atoms with Crippen LogP contribution in [0.5, 0.6) is 0 Å². The van der Waals surface area contributed by atoms with Crippen LogP contribution < -0.4 is 10.6 Å². The maximum absolute atomic E-state index is 12.4. The molecule has 1 aromatic carbocycles. The van der Waals surface area contributed by atoms with Crippen LogP contribution in [0.1, 0.15) is 20.3 Å². The second kappa shape index (κ2) is 8.77. The molecule has 2 aromatic rings. The van der Waals surface area contributed by atoms with Gasteiger partial charge in [0.2, 0.25) is 0 Å². The molecule has 1 aliphatic rings. The van der Waals surface area contributed by atoms with Gasteiger partial charge >= 0.3 is 6.03 Å². The molecule has 0 saturated carbocycles. The van der Waals surface area contributed by atoms with Crippen molar-refractivity contribution in [2.24, 2.45) is 0 Å². The normalized spacial score (nSPS) is 16.3. The lowest BCUT2D eigenvalue weighted by molar-refractivity contribution is 0.143. The number of hydrogen-bond donors (Lipinski definition) is 2. The fraction of sp³-hybridized carbons (Fsp3) is 0.526. The average Bonchev–Trinajstić information content (AvgIpc) is 3.16. The molecule has 2 N–H and O–H groups in total. The van der Waals surface area contributed by atoms with Gasteiger partial charge in [0.15, 0.2) is 0 Å². The number of anilines is 1. The predicted octanol–water partition coefficient (Wildman–Crippen LogP) is 2.74. The first-order valence-electron chi connectivity index (χ1n) is 9.29.